The van der Waals surface area contributed by atoms with Gasteiger partial charge in [-0.05, 0) is 0 Å². The first-order valence-corrected chi connectivity index (χ1v) is 3.90. The maximum absolute atomic E-state index is 9.49. The van der Waals surface area contributed by atoms with Crippen molar-refractivity contribution in [1.29, 1.82) is 0 Å². The highest BCUT2D eigenvalue weighted by molar-refractivity contribution is 4.94. The predicted octanol–water partition coefficient (Wildman–Crippen LogP) is -1.52. The SMILES string of the molecule is COC1OC2COC(C2O)C1O. The molecule has 70 valence electrons. The molecule has 5 nitrogen and oxygen atoms in total. The molecule has 0 aromatic rings. The van der Waals surface area contributed by atoms with E-state index in [0.29, 0.717) is 6.61 Å². The monoisotopic (exact) mass is 176 g/mol. The molecule has 0 amide bonds. The molecule has 2 rings (SSSR count). The van der Waals surface area contributed by atoms with Crippen LogP contribution in [0.25, 0.3) is 0 Å². The minimum Gasteiger partial charge on any atom is -0.387 e. The van der Waals surface area contributed by atoms with Crippen molar-refractivity contribution < 1.29 is 24.4 Å². The third-order valence-corrected chi connectivity index (χ3v) is 2.33. The fourth-order valence-electron chi connectivity index (χ4n) is 1.64. The Kier molecular flexibility index (Phi) is 2.05. The van der Waals surface area contributed by atoms with Gasteiger partial charge < -0.3 is 24.4 Å². The molecule has 5 heteroatoms. The van der Waals surface area contributed by atoms with Crippen molar-refractivity contribution in [3.8, 4) is 0 Å². The fourth-order valence-corrected chi connectivity index (χ4v) is 1.64. The van der Waals surface area contributed by atoms with Gasteiger partial charge in [0.2, 0.25) is 0 Å². The standard InChI is InChI=1S/C7H12O5/c1-10-7-5(9)6-4(8)3(12-7)2-11-6/h3-9H,2H2,1H3. The van der Waals surface area contributed by atoms with E-state index >= 15 is 0 Å². The molecule has 0 aromatic carbocycles. The molecule has 2 bridgehead atoms. The number of rotatable bonds is 1. The average Bonchev–Trinajstić information content (AvgIpc) is 2.31. The first kappa shape index (κ1) is 8.40. The molecular weight excluding hydrogens is 164 g/mol. The Morgan fingerprint density at radius 2 is 2.08 bits per heavy atom. The molecule has 0 aromatic heterocycles. The average molecular weight is 176 g/mol. The van der Waals surface area contributed by atoms with Crippen LogP contribution < -0.4 is 0 Å². The number of hydrogen-bond donors (Lipinski definition) is 2. The highest BCUT2D eigenvalue weighted by Gasteiger charge is 2.50. The lowest BCUT2D eigenvalue weighted by molar-refractivity contribution is -0.253. The van der Waals surface area contributed by atoms with Crippen molar-refractivity contribution in [3.63, 3.8) is 0 Å². The Morgan fingerprint density at radius 1 is 1.33 bits per heavy atom. The van der Waals surface area contributed by atoms with Crippen molar-refractivity contribution >= 4 is 0 Å². The van der Waals surface area contributed by atoms with E-state index in [-0.39, 0.29) is 6.10 Å². The molecule has 5 unspecified atom stereocenters. The van der Waals surface area contributed by atoms with Crippen LogP contribution in [0.15, 0.2) is 0 Å². The lowest BCUT2D eigenvalue weighted by atomic mass is 10.0. The third kappa shape index (κ3) is 1.06. The van der Waals surface area contributed by atoms with Crippen molar-refractivity contribution in [2.75, 3.05) is 13.7 Å². The smallest absolute Gasteiger partial charge is 0.186 e. The Hall–Kier alpha value is -0.200. The summed E-state index contributed by atoms with van der Waals surface area (Å²) in [6.07, 6.45) is -3.22. The number of hydrogen-bond acceptors (Lipinski definition) is 5. The van der Waals surface area contributed by atoms with Gasteiger partial charge in [0, 0.05) is 7.11 Å². The molecule has 2 heterocycles. The van der Waals surface area contributed by atoms with E-state index in [2.05, 4.69) is 0 Å². The Morgan fingerprint density at radius 3 is 2.75 bits per heavy atom. The first-order valence-electron chi connectivity index (χ1n) is 3.90. The van der Waals surface area contributed by atoms with Gasteiger partial charge in [-0.25, -0.2) is 0 Å². The van der Waals surface area contributed by atoms with Crippen LogP contribution in [-0.2, 0) is 14.2 Å². The lowest BCUT2D eigenvalue weighted by Gasteiger charge is -2.33. The summed E-state index contributed by atoms with van der Waals surface area (Å²) in [4.78, 5) is 0. The Labute approximate surface area is 69.8 Å². The highest BCUT2D eigenvalue weighted by atomic mass is 16.7. The quantitative estimate of drug-likeness (QED) is 0.507. The van der Waals surface area contributed by atoms with Gasteiger partial charge in [0.05, 0.1) is 6.61 Å². The van der Waals surface area contributed by atoms with Crippen LogP contribution in [0, 0.1) is 0 Å². The Balaban J connectivity index is 2.12. The van der Waals surface area contributed by atoms with E-state index < -0.39 is 24.6 Å². The molecule has 2 saturated heterocycles. The molecule has 0 spiro atoms. The molecule has 2 N–H and O–H groups in total. The summed E-state index contributed by atoms with van der Waals surface area (Å²) in [5.41, 5.74) is 0. The zero-order chi connectivity index (χ0) is 8.72. The second kappa shape index (κ2) is 2.93. The van der Waals surface area contributed by atoms with Crippen LogP contribution in [0.5, 0.6) is 0 Å². The zero-order valence-electron chi connectivity index (χ0n) is 6.71. The topological polar surface area (TPSA) is 68.2 Å². The largest absolute Gasteiger partial charge is 0.387 e. The fraction of sp³-hybridized carbons (Fsp3) is 1.00. The number of aliphatic hydroxyl groups is 2. The van der Waals surface area contributed by atoms with Gasteiger partial charge in [0.1, 0.15) is 24.4 Å². The van der Waals surface area contributed by atoms with Gasteiger partial charge in [-0.2, -0.15) is 0 Å². The van der Waals surface area contributed by atoms with Gasteiger partial charge in [0.15, 0.2) is 6.29 Å². The van der Waals surface area contributed by atoms with E-state index in [0.717, 1.165) is 0 Å². The normalized spacial score (nSPS) is 52.8. The molecule has 2 aliphatic heterocycles. The van der Waals surface area contributed by atoms with Crippen LogP contribution >= 0.6 is 0 Å². The maximum Gasteiger partial charge on any atom is 0.186 e. The molecule has 0 aliphatic carbocycles. The van der Waals surface area contributed by atoms with Crippen LogP contribution in [-0.4, -0.2) is 54.6 Å². The Bertz CT molecular complexity index is 173. The third-order valence-electron chi connectivity index (χ3n) is 2.33. The predicted molar refractivity (Wildman–Crippen MR) is 37.4 cm³/mol. The van der Waals surface area contributed by atoms with Crippen molar-refractivity contribution in [3.05, 3.63) is 0 Å². The highest BCUT2D eigenvalue weighted by Crippen LogP contribution is 2.29. The van der Waals surface area contributed by atoms with Crippen LogP contribution in [0.1, 0.15) is 0 Å². The minimum atomic E-state index is -0.899. The number of methoxy groups -OCH3 is 1. The van der Waals surface area contributed by atoms with Gasteiger partial charge in [0.25, 0.3) is 0 Å². The summed E-state index contributed by atoms with van der Waals surface area (Å²) in [6, 6.07) is 0. The lowest BCUT2D eigenvalue weighted by Crippen LogP contribution is -2.53. The van der Waals surface area contributed by atoms with Crippen LogP contribution in [0.2, 0.25) is 0 Å². The number of ether oxygens (including phenoxy) is 3. The molecule has 5 atom stereocenters. The van der Waals surface area contributed by atoms with Crippen LogP contribution in [0.3, 0.4) is 0 Å². The second-order valence-corrected chi connectivity index (χ2v) is 3.06. The summed E-state index contributed by atoms with van der Waals surface area (Å²) in [5.74, 6) is 0. The van der Waals surface area contributed by atoms with Crippen LogP contribution in [0.4, 0.5) is 0 Å². The van der Waals surface area contributed by atoms with E-state index in [1.807, 2.05) is 0 Å². The van der Waals surface area contributed by atoms with E-state index in [1.165, 1.54) is 7.11 Å². The van der Waals surface area contributed by atoms with E-state index in [9.17, 15) is 10.2 Å². The second-order valence-electron chi connectivity index (χ2n) is 3.06. The van der Waals surface area contributed by atoms with Gasteiger partial charge in [-0.15, -0.1) is 0 Å². The van der Waals surface area contributed by atoms with Crippen molar-refractivity contribution in [1.82, 2.24) is 0 Å². The maximum atomic E-state index is 9.49. The zero-order valence-corrected chi connectivity index (χ0v) is 6.71. The van der Waals surface area contributed by atoms with Gasteiger partial charge in [-0.3, -0.25) is 0 Å². The number of aliphatic hydroxyl groups excluding tert-OH is 2. The van der Waals surface area contributed by atoms with Crippen molar-refractivity contribution in [2.24, 2.45) is 0 Å². The first-order chi connectivity index (χ1) is 5.74. The van der Waals surface area contributed by atoms with E-state index in [4.69, 9.17) is 14.2 Å². The minimum absolute atomic E-state index is 0.322. The molecule has 0 saturated carbocycles. The molecule has 2 fully saturated rings. The van der Waals surface area contributed by atoms with Crippen molar-refractivity contribution in [2.45, 2.75) is 30.7 Å². The summed E-state index contributed by atoms with van der Waals surface area (Å²) < 4.78 is 15.2. The summed E-state index contributed by atoms with van der Waals surface area (Å²) in [6.45, 7) is 0.322. The van der Waals surface area contributed by atoms with Gasteiger partial charge in [-0.1, -0.05) is 0 Å². The number of fused-ring (bicyclic) bond motifs is 2. The molecule has 0 radical (unpaired) electrons. The van der Waals surface area contributed by atoms with E-state index in [1.54, 1.807) is 0 Å². The molecule has 12 heavy (non-hydrogen) atoms. The van der Waals surface area contributed by atoms with Gasteiger partial charge >= 0.3 is 0 Å². The summed E-state index contributed by atoms with van der Waals surface area (Å²) in [7, 11) is 1.45. The summed E-state index contributed by atoms with van der Waals surface area (Å²) >= 11 is 0. The summed E-state index contributed by atoms with van der Waals surface area (Å²) in [5, 5.41) is 18.9. The molecular formula is C7H12O5. The molecule has 2 aliphatic rings.